The summed E-state index contributed by atoms with van der Waals surface area (Å²) in [5.41, 5.74) is 3.40. The Morgan fingerprint density at radius 3 is 2.20 bits per heavy atom. The molecule has 0 aliphatic rings. The number of nitrogens with one attached hydrogen (secondary N) is 2. The average molecular weight is 432 g/mol. The van der Waals surface area contributed by atoms with Crippen molar-refractivity contribution in [2.24, 2.45) is 5.92 Å². The average Bonchev–Trinajstić information content (AvgIpc) is 2.69. The zero-order valence-corrected chi connectivity index (χ0v) is 18.8. The lowest BCUT2D eigenvalue weighted by Crippen LogP contribution is -2.38. The molecule has 0 radical (unpaired) electrons. The van der Waals surface area contributed by atoms with Crippen LogP contribution in [0.15, 0.2) is 47.4 Å². The summed E-state index contributed by atoms with van der Waals surface area (Å²) in [5, 5.41) is 5.52. The molecule has 0 aromatic heterocycles. The van der Waals surface area contributed by atoms with Crippen molar-refractivity contribution in [2.75, 3.05) is 18.9 Å². The second kappa shape index (κ2) is 9.86. The van der Waals surface area contributed by atoms with E-state index in [1.807, 2.05) is 27.7 Å². The molecule has 0 saturated heterocycles. The Bertz CT molecular complexity index is 1020. The zero-order valence-electron chi connectivity index (χ0n) is 18.0. The van der Waals surface area contributed by atoms with Crippen LogP contribution in [0.5, 0.6) is 0 Å². The van der Waals surface area contributed by atoms with Crippen LogP contribution in [0.4, 0.5) is 5.69 Å². The van der Waals surface area contributed by atoms with Crippen LogP contribution in [0.25, 0.3) is 0 Å². The first kappa shape index (κ1) is 23.6. The first-order chi connectivity index (χ1) is 14.0. The molecule has 2 amide bonds. The summed E-state index contributed by atoms with van der Waals surface area (Å²) >= 11 is 0. The Morgan fingerprint density at radius 2 is 1.63 bits per heavy atom. The van der Waals surface area contributed by atoms with Gasteiger partial charge < -0.3 is 10.6 Å². The van der Waals surface area contributed by atoms with Gasteiger partial charge in [0.1, 0.15) is 0 Å². The summed E-state index contributed by atoms with van der Waals surface area (Å²) in [6.07, 6.45) is 0. The summed E-state index contributed by atoms with van der Waals surface area (Å²) < 4.78 is 26.4. The summed E-state index contributed by atoms with van der Waals surface area (Å²) in [5.74, 6) is -0.577. The molecule has 162 valence electrons. The third-order valence-electron chi connectivity index (χ3n) is 4.79. The lowest BCUT2D eigenvalue weighted by Gasteiger charge is -2.17. The maximum atomic E-state index is 12.7. The topological polar surface area (TPSA) is 95.6 Å². The molecular weight excluding hydrogens is 402 g/mol. The van der Waals surface area contributed by atoms with Gasteiger partial charge in [-0.05, 0) is 54.8 Å². The molecule has 2 aromatic carbocycles. The van der Waals surface area contributed by atoms with E-state index in [0.717, 1.165) is 21.0 Å². The predicted molar refractivity (Wildman–Crippen MR) is 117 cm³/mol. The van der Waals surface area contributed by atoms with Crippen LogP contribution in [-0.4, -0.2) is 38.1 Å². The Kier molecular flexibility index (Phi) is 7.75. The zero-order chi connectivity index (χ0) is 22.5. The Morgan fingerprint density at radius 1 is 1.00 bits per heavy atom. The summed E-state index contributed by atoms with van der Waals surface area (Å²) in [7, 11) is -2.36. The third kappa shape index (κ3) is 6.14. The van der Waals surface area contributed by atoms with Gasteiger partial charge >= 0.3 is 0 Å². The quantitative estimate of drug-likeness (QED) is 0.672. The fourth-order valence-electron chi connectivity index (χ4n) is 2.59. The van der Waals surface area contributed by atoms with Gasteiger partial charge in [0.25, 0.3) is 0 Å². The van der Waals surface area contributed by atoms with Gasteiger partial charge in [0, 0.05) is 25.2 Å². The van der Waals surface area contributed by atoms with Crippen molar-refractivity contribution in [1.82, 2.24) is 9.62 Å². The Balaban J connectivity index is 1.92. The van der Waals surface area contributed by atoms with Crippen molar-refractivity contribution in [3.63, 3.8) is 0 Å². The maximum Gasteiger partial charge on any atom is 0.243 e. The second-order valence-electron chi connectivity index (χ2n) is 7.62. The third-order valence-corrected chi connectivity index (χ3v) is 6.59. The van der Waals surface area contributed by atoms with Gasteiger partial charge in [-0.15, -0.1) is 0 Å². The summed E-state index contributed by atoms with van der Waals surface area (Å²) in [6.45, 7) is 7.37. The van der Waals surface area contributed by atoms with E-state index in [-0.39, 0.29) is 29.8 Å². The largest absolute Gasteiger partial charge is 0.351 e. The van der Waals surface area contributed by atoms with Crippen molar-refractivity contribution in [1.29, 1.82) is 0 Å². The molecule has 8 heteroatoms. The van der Waals surface area contributed by atoms with E-state index in [2.05, 4.69) is 10.6 Å². The van der Waals surface area contributed by atoms with Gasteiger partial charge in [0.2, 0.25) is 21.8 Å². The highest BCUT2D eigenvalue weighted by molar-refractivity contribution is 7.89. The van der Waals surface area contributed by atoms with E-state index in [1.165, 1.54) is 7.05 Å². The molecule has 2 rings (SSSR count). The molecule has 7 nitrogen and oxygen atoms in total. The number of anilines is 1. The monoisotopic (exact) mass is 431 g/mol. The number of carbonyl (C=O) groups is 2. The van der Waals surface area contributed by atoms with Gasteiger partial charge in [0.15, 0.2) is 0 Å². The number of carbonyl (C=O) groups excluding carboxylic acids is 2. The van der Waals surface area contributed by atoms with E-state index in [1.54, 1.807) is 42.5 Å². The minimum atomic E-state index is -3.75. The van der Waals surface area contributed by atoms with Crippen LogP contribution in [-0.2, 0) is 26.2 Å². The normalized spacial score (nSPS) is 11.6. The van der Waals surface area contributed by atoms with E-state index in [9.17, 15) is 18.0 Å². The lowest BCUT2D eigenvalue weighted by molar-refractivity contribution is -0.121. The number of hydrogen-bond donors (Lipinski definition) is 2. The van der Waals surface area contributed by atoms with Crippen molar-refractivity contribution in [2.45, 2.75) is 39.1 Å². The number of hydrogen-bond acceptors (Lipinski definition) is 4. The first-order valence-corrected chi connectivity index (χ1v) is 11.1. The number of amides is 2. The SMILES string of the molecule is Cc1ccc(S(=O)(=O)N(C)CC(=O)NCc2ccc(NC(=O)C(C)C)cc2)cc1C. The van der Waals surface area contributed by atoms with Crippen LogP contribution >= 0.6 is 0 Å². The molecule has 0 spiro atoms. The van der Waals surface area contributed by atoms with Crippen LogP contribution in [0.3, 0.4) is 0 Å². The molecule has 0 bridgehead atoms. The number of sulfonamides is 1. The number of likely N-dealkylation sites (N-methyl/N-ethyl adjacent to an activating group) is 1. The van der Waals surface area contributed by atoms with Gasteiger partial charge in [-0.25, -0.2) is 8.42 Å². The van der Waals surface area contributed by atoms with Crippen molar-refractivity contribution in [3.05, 3.63) is 59.2 Å². The number of benzene rings is 2. The maximum absolute atomic E-state index is 12.7. The molecule has 0 fully saturated rings. The van der Waals surface area contributed by atoms with Gasteiger partial charge in [-0.1, -0.05) is 32.0 Å². The van der Waals surface area contributed by atoms with E-state index in [4.69, 9.17) is 0 Å². The van der Waals surface area contributed by atoms with Crippen LogP contribution < -0.4 is 10.6 Å². The highest BCUT2D eigenvalue weighted by Crippen LogP contribution is 2.18. The van der Waals surface area contributed by atoms with Crippen molar-refractivity contribution in [3.8, 4) is 0 Å². The molecule has 0 heterocycles. The highest BCUT2D eigenvalue weighted by atomic mass is 32.2. The number of rotatable bonds is 8. The van der Waals surface area contributed by atoms with Crippen molar-refractivity contribution >= 4 is 27.5 Å². The molecule has 0 saturated carbocycles. The van der Waals surface area contributed by atoms with Crippen LogP contribution in [0.1, 0.15) is 30.5 Å². The second-order valence-corrected chi connectivity index (χ2v) is 9.67. The fraction of sp³-hybridized carbons (Fsp3) is 0.364. The van der Waals surface area contributed by atoms with Gasteiger partial charge in [-0.3, -0.25) is 9.59 Å². The van der Waals surface area contributed by atoms with E-state index >= 15 is 0 Å². The molecule has 0 aliphatic carbocycles. The van der Waals surface area contributed by atoms with Crippen LogP contribution in [0, 0.1) is 19.8 Å². The molecule has 0 aliphatic heterocycles. The molecule has 0 unspecified atom stereocenters. The highest BCUT2D eigenvalue weighted by Gasteiger charge is 2.23. The van der Waals surface area contributed by atoms with Crippen molar-refractivity contribution < 1.29 is 18.0 Å². The summed E-state index contributed by atoms with van der Waals surface area (Å²) in [4.78, 5) is 24.1. The minimum Gasteiger partial charge on any atom is -0.351 e. The molecule has 30 heavy (non-hydrogen) atoms. The predicted octanol–water partition coefficient (Wildman–Crippen LogP) is 2.83. The Labute approximate surface area is 178 Å². The first-order valence-electron chi connectivity index (χ1n) is 9.71. The number of nitrogens with zero attached hydrogens (tertiary/aromatic N) is 1. The Hall–Kier alpha value is -2.71. The number of aryl methyl sites for hydroxylation is 2. The standard InChI is InChI=1S/C22H29N3O4S/c1-15(2)22(27)24-19-9-7-18(8-10-19)13-23-21(26)14-25(5)30(28,29)20-11-6-16(3)17(4)12-20/h6-12,15H,13-14H2,1-5H3,(H,23,26)(H,24,27). The van der Waals surface area contributed by atoms with Crippen LogP contribution in [0.2, 0.25) is 0 Å². The smallest absolute Gasteiger partial charge is 0.243 e. The van der Waals surface area contributed by atoms with E-state index in [0.29, 0.717) is 5.69 Å². The molecule has 2 aromatic rings. The minimum absolute atomic E-state index is 0.0657. The molecule has 0 atom stereocenters. The lowest BCUT2D eigenvalue weighted by atomic mass is 10.1. The van der Waals surface area contributed by atoms with E-state index < -0.39 is 15.9 Å². The fourth-order valence-corrected chi connectivity index (χ4v) is 3.80. The summed E-state index contributed by atoms with van der Waals surface area (Å²) in [6, 6.07) is 12.0. The molecular formula is C22H29N3O4S. The van der Waals surface area contributed by atoms with Gasteiger partial charge in [-0.2, -0.15) is 4.31 Å². The van der Waals surface area contributed by atoms with Gasteiger partial charge in [0.05, 0.1) is 11.4 Å². The molecule has 2 N–H and O–H groups in total.